The molecule has 2 aromatic rings. The Labute approximate surface area is 145 Å². The largest absolute Gasteiger partial charge is 0.326 e. The molecule has 0 bridgehead atoms. The molecule has 0 aromatic heterocycles. The highest BCUT2D eigenvalue weighted by molar-refractivity contribution is 6.07. The molecule has 6 nitrogen and oxygen atoms in total. The first-order valence-corrected chi connectivity index (χ1v) is 8.05. The van der Waals surface area contributed by atoms with Crippen LogP contribution in [-0.4, -0.2) is 17.8 Å². The van der Waals surface area contributed by atoms with E-state index in [2.05, 4.69) is 16.0 Å². The lowest BCUT2D eigenvalue weighted by molar-refractivity contribution is -0.125. The lowest BCUT2D eigenvalue weighted by Gasteiger charge is -2.26. The van der Waals surface area contributed by atoms with Crippen LogP contribution in [0.4, 0.5) is 10.5 Å². The van der Waals surface area contributed by atoms with Crippen molar-refractivity contribution in [2.24, 2.45) is 0 Å². The van der Waals surface area contributed by atoms with Crippen LogP contribution >= 0.6 is 0 Å². The number of urea groups is 1. The molecular formula is C19H19N3O3. The zero-order valence-corrected chi connectivity index (χ0v) is 13.8. The Morgan fingerprint density at radius 1 is 1.04 bits per heavy atom. The van der Waals surface area contributed by atoms with Crippen molar-refractivity contribution in [3.05, 3.63) is 65.7 Å². The van der Waals surface area contributed by atoms with Crippen LogP contribution in [0.15, 0.2) is 54.6 Å². The Bertz CT molecular complexity index is 802. The molecule has 1 heterocycles. The number of nitrogens with one attached hydrogen (secondary N) is 3. The van der Waals surface area contributed by atoms with Gasteiger partial charge in [-0.25, -0.2) is 4.79 Å². The van der Waals surface area contributed by atoms with Gasteiger partial charge in [0.05, 0.1) is 0 Å². The van der Waals surface area contributed by atoms with Gasteiger partial charge in [-0.2, -0.15) is 0 Å². The molecule has 1 aliphatic rings. The van der Waals surface area contributed by atoms with Gasteiger partial charge in [0.1, 0.15) is 5.54 Å². The number of imide groups is 1. The lowest BCUT2D eigenvalue weighted by atomic mass is 9.85. The molecule has 25 heavy (non-hydrogen) atoms. The Kier molecular flexibility index (Phi) is 4.52. The van der Waals surface area contributed by atoms with Crippen LogP contribution in [0.1, 0.15) is 24.0 Å². The summed E-state index contributed by atoms with van der Waals surface area (Å²) in [4.78, 5) is 36.3. The van der Waals surface area contributed by atoms with E-state index in [1.807, 2.05) is 37.3 Å². The molecule has 1 atom stereocenters. The fourth-order valence-corrected chi connectivity index (χ4v) is 2.90. The number of aryl methyl sites for hydroxylation is 1. The maximum absolute atomic E-state index is 12.4. The molecule has 0 radical (unpaired) electrons. The van der Waals surface area contributed by atoms with Crippen LogP contribution in [-0.2, 0) is 15.1 Å². The number of rotatable bonds is 5. The van der Waals surface area contributed by atoms with Gasteiger partial charge in [0.15, 0.2) is 0 Å². The normalized spacial score (nSPS) is 19.2. The summed E-state index contributed by atoms with van der Waals surface area (Å²) in [6, 6.07) is 15.9. The molecule has 2 aromatic carbocycles. The average Bonchev–Trinajstić information content (AvgIpc) is 2.90. The van der Waals surface area contributed by atoms with Crippen LogP contribution in [0.3, 0.4) is 0 Å². The molecule has 1 fully saturated rings. The van der Waals surface area contributed by atoms with Gasteiger partial charge >= 0.3 is 6.03 Å². The van der Waals surface area contributed by atoms with Gasteiger partial charge < -0.3 is 10.6 Å². The third kappa shape index (κ3) is 3.52. The van der Waals surface area contributed by atoms with Crippen LogP contribution in [0.25, 0.3) is 0 Å². The Morgan fingerprint density at radius 3 is 2.32 bits per heavy atom. The Hall–Kier alpha value is -3.15. The quantitative estimate of drug-likeness (QED) is 0.732. The second-order valence-corrected chi connectivity index (χ2v) is 6.09. The van der Waals surface area contributed by atoms with Crippen molar-refractivity contribution in [3.8, 4) is 0 Å². The van der Waals surface area contributed by atoms with Crippen molar-refractivity contribution < 1.29 is 14.4 Å². The molecule has 0 spiro atoms. The highest BCUT2D eigenvalue weighted by Crippen LogP contribution is 2.30. The van der Waals surface area contributed by atoms with Gasteiger partial charge in [0, 0.05) is 12.1 Å². The number of hydrogen-bond donors (Lipinski definition) is 3. The number of benzene rings is 2. The maximum atomic E-state index is 12.4. The molecule has 1 saturated heterocycles. The van der Waals surface area contributed by atoms with Crippen LogP contribution in [0.5, 0.6) is 0 Å². The summed E-state index contributed by atoms with van der Waals surface area (Å²) >= 11 is 0. The Morgan fingerprint density at radius 2 is 1.72 bits per heavy atom. The van der Waals surface area contributed by atoms with Gasteiger partial charge in [0.25, 0.3) is 5.91 Å². The molecule has 6 heteroatoms. The minimum Gasteiger partial charge on any atom is -0.326 e. The topological polar surface area (TPSA) is 87.3 Å². The van der Waals surface area contributed by atoms with Crippen molar-refractivity contribution >= 4 is 23.5 Å². The van der Waals surface area contributed by atoms with E-state index >= 15 is 0 Å². The third-order valence-corrected chi connectivity index (χ3v) is 4.27. The van der Waals surface area contributed by atoms with Crippen LogP contribution < -0.4 is 16.0 Å². The second kappa shape index (κ2) is 6.76. The Balaban J connectivity index is 1.73. The first-order valence-electron chi connectivity index (χ1n) is 8.05. The molecule has 1 unspecified atom stereocenters. The average molecular weight is 337 g/mol. The summed E-state index contributed by atoms with van der Waals surface area (Å²) in [6.45, 7) is 1.97. The number of anilines is 1. The lowest BCUT2D eigenvalue weighted by Crippen LogP contribution is -2.44. The third-order valence-electron chi connectivity index (χ3n) is 4.27. The SMILES string of the molecule is Cc1ccc(NC(=O)CCC2(c3ccccc3)NC(=O)NC2=O)cc1. The molecule has 0 aliphatic carbocycles. The highest BCUT2D eigenvalue weighted by atomic mass is 16.2. The molecule has 128 valence electrons. The van der Waals surface area contributed by atoms with Crippen molar-refractivity contribution in [1.29, 1.82) is 0 Å². The zero-order valence-electron chi connectivity index (χ0n) is 13.8. The van der Waals surface area contributed by atoms with E-state index in [9.17, 15) is 14.4 Å². The van der Waals surface area contributed by atoms with Gasteiger partial charge in [0.2, 0.25) is 5.91 Å². The van der Waals surface area contributed by atoms with E-state index in [0.717, 1.165) is 5.56 Å². The maximum Gasteiger partial charge on any atom is 0.322 e. The predicted octanol–water partition coefficient (Wildman–Crippen LogP) is 2.45. The smallest absolute Gasteiger partial charge is 0.322 e. The van der Waals surface area contributed by atoms with E-state index in [4.69, 9.17) is 0 Å². The van der Waals surface area contributed by atoms with Crippen molar-refractivity contribution in [2.45, 2.75) is 25.3 Å². The zero-order chi connectivity index (χ0) is 17.9. The minimum absolute atomic E-state index is 0.0937. The molecule has 3 N–H and O–H groups in total. The van der Waals surface area contributed by atoms with E-state index < -0.39 is 17.5 Å². The summed E-state index contributed by atoms with van der Waals surface area (Å²) in [5, 5.41) is 7.75. The number of carbonyl (C=O) groups excluding carboxylic acids is 3. The van der Waals surface area contributed by atoms with Crippen LogP contribution in [0.2, 0.25) is 0 Å². The van der Waals surface area contributed by atoms with E-state index in [0.29, 0.717) is 11.3 Å². The fourth-order valence-electron chi connectivity index (χ4n) is 2.90. The first kappa shape index (κ1) is 16.7. The summed E-state index contributed by atoms with van der Waals surface area (Å²) in [5.74, 6) is -0.653. The monoisotopic (exact) mass is 337 g/mol. The van der Waals surface area contributed by atoms with E-state index in [1.54, 1.807) is 24.3 Å². The number of hydrogen-bond acceptors (Lipinski definition) is 3. The van der Waals surface area contributed by atoms with Gasteiger partial charge in [-0.05, 0) is 31.0 Å². The number of amides is 4. The van der Waals surface area contributed by atoms with E-state index in [1.165, 1.54) is 0 Å². The summed E-state index contributed by atoms with van der Waals surface area (Å²) in [6.07, 6.45) is 0.267. The first-order chi connectivity index (χ1) is 12.0. The molecular weight excluding hydrogens is 318 g/mol. The standard InChI is InChI=1S/C19H19N3O3/c1-13-7-9-15(10-8-13)20-16(23)11-12-19(14-5-3-2-4-6-14)17(24)21-18(25)22-19/h2-10H,11-12H2,1H3,(H,20,23)(H2,21,22,24,25). The van der Waals surface area contributed by atoms with Gasteiger partial charge in [-0.3, -0.25) is 14.9 Å². The summed E-state index contributed by atoms with van der Waals surface area (Å²) in [5.41, 5.74) is 1.24. The van der Waals surface area contributed by atoms with Crippen LogP contribution in [0, 0.1) is 6.92 Å². The molecule has 0 saturated carbocycles. The minimum atomic E-state index is -1.22. The highest BCUT2D eigenvalue weighted by Gasteiger charge is 2.47. The number of carbonyl (C=O) groups is 3. The van der Waals surface area contributed by atoms with E-state index in [-0.39, 0.29) is 18.7 Å². The van der Waals surface area contributed by atoms with Gasteiger partial charge in [-0.1, -0.05) is 48.0 Å². The van der Waals surface area contributed by atoms with Crippen molar-refractivity contribution in [2.75, 3.05) is 5.32 Å². The van der Waals surface area contributed by atoms with Crippen molar-refractivity contribution in [3.63, 3.8) is 0 Å². The summed E-state index contributed by atoms with van der Waals surface area (Å²) in [7, 11) is 0. The molecule has 1 aliphatic heterocycles. The summed E-state index contributed by atoms with van der Waals surface area (Å²) < 4.78 is 0. The molecule has 4 amide bonds. The second-order valence-electron chi connectivity index (χ2n) is 6.09. The van der Waals surface area contributed by atoms with Crippen molar-refractivity contribution in [1.82, 2.24) is 10.6 Å². The fraction of sp³-hybridized carbons (Fsp3) is 0.211. The predicted molar refractivity (Wildman–Crippen MR) is 93.8 cm³/mol. The molecule has 3 rings (SSSR count). The van der Waals surface area contributed by atoms with Gasteiger partial charge in [-0.15, -0.1) is 0 Å².